The fourth-order valence-electron chi connectivity index (χ4n) is 3.89. The predicted molar refractivity (Wildman–Crippen MR) is 125 cm³/mol. The second kappa shape index (κ2) is 10.4. The summed E-state index contributed by atoms with van der Waals surface area (Å²) in [6.07, 6.45) is 1.27. The summed E-state index contributed by atoms with van der Waals surface area (Å²) in [5.74, 6) is -0.0655. The lowest BCUT2D eigenvalue weighted by atomic mass is 9.85. The number of hydrogen-bond acceptors (Lipinski definition) is 4. The van der Waals surface area contributed by atoms with E-state index >= 15 is 0 Å². The highest BCUT2D eigenvalue weighted by molar-refractivity contribution is 6.31. The maximum Gasteiger partial charge on any atom is 0.300 e. The van der Waals surface area contributed by atoms with Gasteiger partial charge in [-0.2, -0.15) is 5.10 Å². The molecule has 7 nitrogen and oxygen atoms in total. The minimum absolute atomic E-state index is 0.00356. The van der Waals surface area contributed by atoms with Crippen molar-refractivity contribution in [2.45, 2.75) is 39.2 Å². The lowest BCUT2D eigenvalue weighted by molar-refractivity contribution is -0.134. The Balaban J connectivity index is 0.000000668. The van der Waals surface area contributed by atoms with Gasteiger partial charge in [0.2, 0.25) is 5.91 Å². The molecule has 4 N–H and O–H groups in total. The molecule has 0 aliphatic carbocycles. The van der Waals surface area contributed by atoms with Gasteiger partial charge in [-0.1, -0.05) is 54.1 Å². The van der Waals surface area contributed by atoms with Gasteiger partial charge in [0.1, 0.15) is 5.82 Å². The molecule has 0 saturated heterocycles. The van der Waals surface area contributed by atoms with Gasteiger partial charge in [-0.25, -0.2) is 4.68 Å². The number of amides is 1. The van der Waals surface area contributed by atoms with E-state index in [0.29, 0.717) is 24.5 Å². The zero-order chi connectivity index (χ0) is 23.3. The number of fused-ring (bicyclic) bond motifs is 1. The SMILES string of the molecule is CC(=O)O.Cc1nn(Cc2ccccc2Cl)c2c1C(c1ccc(CCN)cc1)CC(=O)N2. The Morgan fingerprint density at radius 3 is 2.53 bits per heavy atom. The second-order valence-electron chi connectivity index (χ2n) is 7.70. The molecule has 32 heavy (non-hydrogen) atoms. The van der Waals surface area contributed by atoms with Crippen LogP contribution in [0.5, 0.6) is 0 Å². The van der Waals surface area contributed by atoms with E-state index in [9.17, 15) is 4.79 Å². The molecule has 2 aromatic carbocycles. The van der Waals surface area contributed by atoms with Crippen molar-refractivity contribution >= 4 is 29.3 Å². The van der Waals surface area contributed by atoms with Crippen molar-refractivity contribution in [2.24, 2.45) is 5.73 Å². The van der Waals surface area contributed by atoms with E-state index in [1.807, 2.05) is 35.9 Å². The van der Waals surface area contributed by atoms with Crippen LogP contribution in [0.15, 0.2) is 48.5 Å². The van der Waals surface area contributed by atoms with Crippen molar-refractivity contribution in [3.8, 4) is 0 Å². The molecule has 1 aliphatic rings. The molecule has 1 atom stereocenters. The topological polar surface area (TPSA) is 110 Å². The number of hydrogen-bond donors (Lipinski definition) is 3. The van der Waals surface area contributed by atoms with Crippen LogP contribution in [0.2, 0.25) is 5.02 Å². The predicted octanol–water partition coefficient (Wildman–Crippen LogP) is 3.96. The van der Waals surface area contributed by atoms with Gasteiger partial charge in [0.15, 0.2) is 0 Å². The van der Waals surface area contributed by atoms with Crippen molar-refractivity contribution in [2.75, 3.05) is 11.9 Å². The summed E-state index contributed by atoms with van der Waals surface area (Å²) in [6.45, 7) is 4.22. The van der Waals surface area contributed by atoms with E-state index in [2.05, 4.69) is 29.6 Å². The molecule has 1 unspecified atom stereocenters. The average molecular weight is 455 g/mol. The first-order valence-electron chi connectivity index (χ1n) is 10.4. The highest BCUT2D eigenvalue weighted by Gasteiger charge is 2.32. The minimum Gasteiger partial charge on any atom is -0.481 e. The number of carbonyl (C=O) groups is 2. The smallest absolute Gasteiger partial charge is 0.300 e. The quantitative estimate of drug-likeness (QED) is 0.540. The third-order valence-electron chi connectivity index (χ3n) is 5.26. The van der Waals surface area contributed by atoms with Gasteiger partial charge in [0, 0.05) is 29.8 Å². The molecular weight excluding hydrogens is 428 g/mol. The summed E-state index contributed by atoms with van der Waals surface area (Å²) in [5.41, 5.74) is 11.0. The summed E-state index contributed by atoms with van der Waals surface area (Å²) in [5, 5.41) is 15.8. The molecule has 0 fully saturated rings. The molecule has 0 saturated carbocycles. The van der Waals surface area contributed by atoms with Gasteiger partial charge in [-0.3, -0.25) is 9.59 Å². The maximum absolute atomic E-state index is 12.5. The number of carbonyl (C=O) groups excluding carboxylic acids is 1. The molecule has 0 spiro atoms. The van der Waals surface area contributed by atoms with Crippen LogP contribution in [0.1, 0.15) is 47.2 Å². The van der Waals surface area contributed by atoms with Crippen LogP contribution in [-0.2, 0) is 22.6 Å². The van der Waals surface area contributed by atoms with Crippen LogP contribution >= 0.6 is 11.6 Å². The monoisotopic (exact) mass is 454 g/mol. The van der Waals surface area contributed by atoms with Crippen LogP contribution in [0.4, 0.5) is 5.82 Å². The summed E-state index contributed by atoms with van der Waals surface area (Å²) in [7, 11) is 0. The van der Waals surface area contributed by atoms with Crippen molar-refractivity contribution < 1.29 is 14.7 Å². The lowest BCUT2D eigenvalue weighted by Gasteiger charge is -2.24. The molecule has 1 aromatic heterocycles. The van der Waals surface area contributed by atoms with Crippen LogP contribution in [0.25, 0.3) is 0 Å². The number of carboxylic acids is 1. The molecule has 1 aliphatic heterocycles. The molecule has 8 heteroatoms. The standard InChI is InChI=1S/C22H23ClN4O.C2H4O2/c1-14-21-18(16-8-6-15(7-9-16)10-11-24)12-20(28)25-22(21)27(26-14)13-17-4-2-3-5-19(17)23;1-2(3)4/h2-9,18H,10-13,24H2,1H3,(H,25,28);1H3,(H,3,4). The first-order valence-corrected chi connectivity index (χ1v) is 10.8. The Morgan fingerprint density at radius 2 is 1.91 bits per heavy atom. The molecule has 1 amide bonds. The van der Waals surface area contributed by atoms with E-state index < -0.39 is 5.97 Å². The van der Waals surface area contributed by atoms with E-state index in [0.717, 1.165) is 41.5 Å². The fourth-order valence-corrected chi connectivity index (χ4v) is 4.08. The van der Waals surface area contributed by atoms with Crippen molar-refractivity contribution in [1.82, 2.24) is 9.78 Å². The number of aryl methyl sites for hydroxylation is 1. The molecular formula is C24H27ClN4O3. The number of nitrogens with one attached hydrogen (secondary N) is 1. The summed E-state index contributed by atoms with van der Waals surface area (Å²) in [6, 6.07) is 16.1. The van der Waals surface area contributed by atoms with Crippen LogP contribution in [-0.4, -0.2) is 33.3 Å². The molecule has 0 bridgehead atoms. The van der Waals surface area contributed by atoms with E-state index in [4.69, 9.17) is 32.3 Å². The molecule has 4 rings (SSSR count). The normalized spacial score (nSPS) is 14.8. The number of nitrogens with zero attached hydrogens (tertiary/aromatic N) is 2. The third-order valence-corrected chi connectivity index (χ3v) is 5.63. The highest BCUT2D eigenvalue weighted by Crippen LogP contribution is 2.39. The Hall–Kier alpha value is -3.16. The van der Waals surface area contributed by atoms with E-state index in [1.165, 1.54) is 5.56 Å². The second-order valence-corrected chi connectivity index (χ2v) is 8.11. The van der Waals surface area contributed by atoms with Crippen molar-refractivity contribution in [3.05, 3.63) is 81.5 Å². The highest BCUT2D eigenvalue weighted by atomic mass is 35.5. The van der Waals surface area contributed by atoms with Gasteiger partial charge < -0.3 is 16.2 Å². The Bertz CT molecular complexity index is 1100. The number of aromatic nitrogens is 2. The van der Waals surface area contributed by atoms with Gasteiger partial charge in [0.05, 0.1) is 12.2 Å². The van der Waals surface area contributed by atoms with Crippen LogP contribution in [0, 0.1) is 6.92 Å². The van der Waals surface area contributed by atoms with Crippen molar-refractivity contribution in [1.29, 1.82) is 0 Å². The summed E-state index contributed by atoms with van der Waals surface area (Å²) >= 11 is 6.32. The van der Waals surface area contributed by atoms with Crippen LogP contribution < -0.4 is 11.1 Å². The minimum atomic E-state index is -0.833. The molecule has 168 valence electrons. The van der Waals surface area contributed by atoms with Gasteiger partial charge in [0.25, 0.3) is 5.97 Å². The number of aliphatic carboxylic acids is 1. The Labute approximate surface area is 192 Å². The lowest BCUT2D eigenvalue weighted by Crippen LogP contribution is -2.25. The Kier molecular flexibility index (Phi) is 7.66. The average Bonchev–Trinajstić information content (AvgIpc) is 3.05. The third kappa shape index (κ3) is 5.55. The summed E-state index contributed by atoms with van der Waals surface area (Å²) in [4.78, 5) is 21.5. The first kappa shape index (κ1) is 23.5. The number of carboxylic acid groups (broad SMARTS) is 1. The van der Waals surface area contributed by atoms with Gasteiger partial charge in [-0.15, -0.1) is 0 Å². The summed E-state index contributed by atoms with van der Waals surface area (Å²) < 4.78 is 1.85. The van der Waals surface area contributed by atoms with E-state index in [1.54, 1.807) is 0 Å². The number of rotatable bonds is 5. The first-order chi connectivity index (χ1) is 15.3. The Morgan fingerprint density at radius 1 is 1.25 bits per heavy atom. The van der Waals surface area contributed by atoms with Gasteiger partial charge >= 0.3 is 0 Å². The molecule has 2 heterocycles. The number of nitrogens with two attached hydrogens (primary N) is 1. The van der Waals surface area contributed by atoms with Crippen LogP contribution in [0.3, 0.4) is 0 Å². The zero-order valence-corrected chi connectivity index (χ0v) is 18.9. The molecule has 3 aromatic rings. The zero-order valence-electron chi connectivity index (χ0n) is 18.1. The molecule has 0 radical (unpaired) electrons. The fraction of sp³-hybridized carbons (Fsp3) is 0.292. The number of benzene rings is 2. The van der Waals surface area contributed by atoms with E-state index in [-0.39, 0.29) is 11.8 Å². The van der Waals surface area contributed by atoms with Crippen molar-refractivity contribution in [3.63, 3.8) is 0 Å². The van der Waals surface area contributed by atoms with Gasteiger partial charge in [-0.05, 0) is 42.6 Å². The largest absolute Gasteiger partial charge is 0.481 e. The number of anilines is 1. The number of halogens is 1. The maximum atomic E-state index is 12.5.